The van der Waals surface area contributed by atoms with E-state index in [0.717, 1.165) is 0 Å². The molecule has 0 amide bonds. The molecule has 0 fully saturated rings. The number of hydrogen-bond acceptors (Lipinski definition) is 4. The highest BCUT2D eigenvalue weighted by Gasteiger charge is 2.27. The van der Waals surface area contributed by atoms with Gasteiger partial charge in [-0.25, -0.2) is 0 Å². The molecule has 4 heterocycles. The van der Waals surface area contributed by atoms with Gasteiger partial charge in [0.2, 0.25) is 0 Å². The molecule has 0 radical (unpaired) electrons. The molecule has 4 heteroatoms. The van der Waals surface area contributed by atoms with Crippen LogP contribution in [0.3, 0.4) is 0 Å². The van der Waals surface area contributed by atoms with Crippen LogP contribution in [0.4, 0.5) is 0 Å². The van der Waals surface area contributed by atoms with Gasteiger partial charge in [-0.3, -0.25) is 19.9 Å². The molecule has 0 spiro atoms. The first kappa shape index (κ1) is 45.7. The Morgan fingerprint density at radius 2 is 0.586 bits per heavy atom. The molecule has 0 unspecified atom stereocenters. The molecule has 4 aliphatic rings. The third-order valence-corrected chi connectivity index (χ3v) is 12.8. The maximum Gasteiger partial charge on any atom is 0.0466 e. The van der Waals surface area contributed by atoms with E-state index in [1.54, 1.807) is 33.4 Å². The standard InChI is InChI=1S/C15H23N.C14H21N.C13H19N.C12H17N/c1-10(2)14-13-8-6-5-7-12(13)9-16-15(14)11(3)4;1-9(2)13-12-7-5-6-11(12)8-15-14(13)10(3)4;1-8(2)12-11-6-5-10(11)7-14-13(12)9(3)4;1-7(2)11-10-5-9(10)6-13-12(11)8(3)4/h9-11H,5-8H2,1-4H3;8-10H,5-7H2,1-4H3;7-9H,5-6H2,1-4H3;6-8H,5H2,1-4H3. The number of rotatable bonds is 8. The van der Waals surface area contributed by atoms with Gasteiger partial charge in [-0.2, -0.15) is 0 Å². The first-order chi connectivity index (χ1) is 27.4. The summed E-state index contributed by atoms with van der Waals surface area (Å²) < 4.78 is 0. The number of aryl methyl sites for hydroxylation is 3. The van der Waals surface area contributed by atoms with Crippen LogP contribution in [0, 0.1) is 0 Å². The van der Waals surface area contributed by atoms with Crippen molar-refractivity contribution in [1.82, 2.24) is 19.9 Å². The average molecular weight is 785 g/mol. The molecule has 4 aliphatic carbocycles. The van der Waals surface area contributed by atoms with E-state index in [1.807, 2.05) is 0 Å². The molecule has 4 aromatic rings. The largest absolute Gasteiger partial charge is 0.260 e. The van der Waals surface area contributed by atoms with E-state index in [0.29, 0.717) is 47.3 Å². The molecular formula is C54H80N4. The Morgan fingerprint density at radius 3 is 0.931 bits per heavy atom. The van der Waals surface area contributed by atoms with Crippen molar-refractivity contribution in [1.29, 1.82) is 0 Å². The van der Waals surface area contributed by atoms with Gasteiger partial charge in [-0.1, -0.05) is 111 Å². The van der Waals surface area contributed by atoms with E-state index in [2.05, 4.69) is 151 Å². The van der Waals surface area contributed by atoms with Gasteiger partial charge in [-0.05, 0) is 178 Å². The van der Waals surface area contributed by atoms with E-state index in [1.165, 1.54) is 120 Å². The van der Waals surface area contributed by atoms with Gasteiger partial charge in [0.25, 0.3) is 0 Å². The van der Waals surface area contributed by atoms with Gasteiger partial charge in [0.1, 0.15) is 0 Å². The second-order valence-electron chi connectivity index (χ2n) is 20.2. The summed E-state index contributed by atoms with van der Waals surface area (Å²) in [6, 6.07) is 0. The van der Waals surface area contributed by atoms with Crippen molar-refractivity contribution in [3.05, 3.63) is 114 Å². The minimum Gasteiger partial charge on any atom is -0.260 e. The summed E-state index contributed by atoms with van der Waals surface area (Å²) in [4.78, 5) is 18.5. The second kappa shape index (κ2) is 19.8. The fourth-order valence-corrected chi connectivity index (χ4v) is 9.88. The minimum absolute atomic E-state index is 0.546. The van der Waals surface area contributed by atoms with Crippen LogP contribution in [0.1, 0.15) is 267 Å². The lowest BCUT2D eigenvalue weighted by atomic mass is 9.80. The molecular weight excluding hydrogens is 705 g/mol. The predicted molar refractivity (Wildman–Crippen MR) is 249 cm³/mol. The summed E-state index contributed by atoms with van der Waals surface area (Å²) in [5.41, 5.74) is 23.8. The van der Waals surface area contributed by atoms with Crippen LogP contribution in [0.15, 0.2) is 24.8 Å². The summed E-state index contributed by atoms with van der Waals surface area (Å²) in [5, 5.41) is 0. The van der Waals surface area contributed by atoms with Crippen LogP contribution in [0.5, 0.6) is 0 Å². The molecule has 0 N–H and O–H groups in total. The molecule has 0 aromatic carbocycles. The molecule has 0 saturated carbocycles. The van der Waals surface area contributed by atoms with Gasteiger partial charge < -0.3 is 0 Å². The molecule has 0 atom stereocenters. The minimum atomic E-state index is 0.546. The van der Waals surface area contributed by atoms with Gasteiger partial charge in [0, 0.05) is 47.6 Å². The number of fused-ring (bicyclic) bond motifs is 4. The van der Waals surface area contributed by atoms with Crippen LogP contribution in [0.2, 0.25) is 0 Å². The van der Waals surface area contributed by atoms with Gasteiger partial charge in [0.15, 0.2) is 0 Å². The Morgan fingerprint density at radius 1 is 0.293 bits per heavy atom. The van der Waals surface area contributed by atoms with Crippen LogP contribution < -0.4 is 0 Å². The molecule has 0 aliphatic heterocycles. The van der Waals surface area contributed by atoms with E-state index < -0.39 is 0 Å². The van der Waals surface area contributed by atoms with Gasteiger partial charge in [0.05, 0.1) is 0 Å². The molecule has 58 heavy (non-hydrogen) atoms. The van der Waals surface area contributed by atoms with Crippen molar-refractivity contribution in [3.63, 3.8) is 0 Å². The smallest absolute Gasteiger partial charge is 0.0466 e. The average Bonchev–Trinajstić information content (AvgIpc) is 3.79. The van der Waals surface area contributed by atoms with Crippen molar-refractivity contribution in [3.8, 4) is 0 Å². The van der Waals surface area contributed by atoms with E-state index in [-0.39, 0.29) is 0 Å². The summed E-state index contributed by atoms with van der Waals surface area (Å²) in [6.45, 7) is 36.2. The normalized spacial score (nSPS) is 14.8. The highest BCUT2D eigenvalue weighted by atomic mass is 14.7. The van der Waals surface area contributed by atoms with Crippen molar-refractivity contribution in [2.24, 2.45) is 0 Å². The highest BCUT2D eigenvalue weighted by Crippen LogP contribution is 2.39. The lowest BCUT2D eigenvalue weighted by molar-refractivity contribution is 0.651. The Balaban J connectivity index is 0.000000148. The van der Waals surface area contributed by atoms with Crippen LogP contribution in [-0.4, -0.2) is 19.9 Å². The zero-order valence-corrected chi connectivity index (χ0v) is 39.8. The zero-order chi connectivity index (χ0) is 42.6. The first-order valence-electron chi connectivity index (χ1n) is 23.5. The van der Waals surface area contributed by atoms with Crippen molar-refractivity contribution < 1.29 is 0 Å². The van der Waals surface area contributed by atoms with Crippen LogP contribution in [0.25, 0.3) is 0 Å². The SMILES string of the molecule is CC(C)c1ncc2c(c1C(C)C)C2.CC(C)c1ncc2c(c1C(C)C)CC2.CC(C)c1ncc2c(c1C(C)C)CCC2.CC(C)c1ncc2c(c1C(C)C)CCCC2. The monoisotopic (exact) mass is 785 g/mol. The fraction of sp³-hybridized carbons (Fsp3) is 0.630. The predicted octanol–water partition coefficient (Wildman–Crippen LogP) is 14.7. The maximum absolute atomic E-state index is 4.71. The number of hydrogen-bond donors (Lipinski definition) is 0. The van der Waals surface area contributed by atoms with Crippen molar-refractivity contribution in [2.45, 2.75) is 222 Å². The Kier molecular flexibility index (Phi) is 15.6. The van der Waals surface area contributed by atoms with E-state index >= 15 is 0 Å². The lowest BCUT2D eigenvalue weighted by Gasteiger charge is -2.27. The van der Waals surface area contributed by atoms with Crippen LogP contribution in [-0.2, 0) is 44.9 Å². The molecule has 8 rings (SSSR count). The summed E-state index contributed by atoms with van der Waals surface area (Å²) >= 11 is 0. The summed E-state index contributed by atoms with van der Waals surface area (Å²) in [6.07, 6.45) is 21.1. The summed E-state index contributed by atoms with van der Waals surface area (Å²) in [5.74, 6) is 4.68. The highest BCUT2D eigenvalue weighted by molar-refractivity contribution is 5.53. The first-order valence-corrected chi connectivity index (χ1v) is 23.5. The van der Waals surface area contributed by atoms with Crippen molar-refractivity contribution in [2.75, 3.05) is 0 Å². The lowest BCUT2D eigenvalue weighted by Crippen LogP contribution is -2.17. The molecule has 316 valence electrons. The topological polar surface area (TPSA) is 51.6 Å². The maximum atomic E-state index is 4.71. The van der Waals surface area contributed by atoms with E-state index in [4.69, 9.17) is 4.98 Å². The second-order valence-corrected chi connectivity index (χ2v) is 20.2. The number of aromatic nitrogens is 4. The van der Waals surface area contributed by atoms with E-state index in [9.17, 15) is 0 Å². The number of pyridine rings is 4. The molecule has 4 aromatic heterocycles. The quantitative estimate of drug-likeness (QED) is 0.157. The van der Waals surface area contributed by atoms with Gasteiger partial charge in [-0.15, -0.1) is 0 Å². The Labute approximate surface area is 355 Å². The number of nitrogens with zero attached hydrogens (tertiary/aromatic N) is 4. The molecule has 4 nitrogen and oxygen atoms in total. The Hall–Kier alpha value is -3.40. The third kappa shape index (κ3) is 10.3. The molecule has 0 bridgehead atoms. The van der Waals surface area contributed by atoms with Gasteiger partial charge >= 0.3 is 0 Å². The van der Waals surface area contributed by atoms with Crippen molar-refractivity contribution >= 4 is 0 Å². The third-order valence-electron chi connectivity index (χ3n) is 12.8. The molecule has 0 saturated heterocycles. The fourth-order valence-electron chi connectivity index (χ4n) is 9.88. The van der Waals surface area contributed by atoms with Crippen LogP contribution >= 0.6 is 0 Å². The summed E-state index contributed by atoms with van der Waals surface area (Å²) in [7, 11) is 0. The zero-order valence-electron chi connectivity index (χ0n) is 39.8. The Bertz CT molecular complexity index is 2010.